The lowest BCUT2D eigenvalue weighted by molar-refractivity contribution is 0.594. The van der Waals surface area contributed by atoms with Gasteiger partial charge in [0.25, 0.3) is 10.0 Å². The molecule has 0 N–H and O–H groups in total. The minimum absolute atomic E-state index is 0.0701. The number of halogens is 2. The molecule has 21 heavy (non-hydrogen) atoms. The molecule has 0 heterocycles. The lowest BCUT2D eigenvalue weighted by Gasteiger charge is -2.21. The van der Waals surface area contributed by atoms with Crippen LogP contribution >= 0.6 is 23.2 Å². The van der Waals surface area contributed by atoms with Crippen LogP contribution in [-0.4, -0.2) is 15.5 Å². The van der Waals surface area contributed by atoms with Gasteiger partial charge >= 0.3 is 0 Å². The number of nitriles is 1. The van der Waals surface area contributed by atoms with Crippen molar-refractivity contribution in [3.05, 3.63) is 58.1 Å². The second kappa shape index (κ2) is 5.94. The van der Waals surface area contributed by atoms with Crippen molar-refractivity contribution in [2.45, 2.75) is 4.90 Å². The van der Waals surface area contributed by atoms with E-state index in [-0.39, 0.29) is 26.2 Å². The Labute approximate surface area is 133 Å². The Morgan fingerprint density at radius 2 is 1.81 bits per heavy atom. The van der Waals surface area contributed by atoms with Crippen LogP contribution in [-0.2, 0) is 10.0 Å². The average molecular weight is 341 g/mol. The molecule has 0 amide bonds. The molecule has 0 radical (unpaired) electrons. The van der Waals surface area contributed by atoms with Crippen LogP contribution in [0.25, 0.3) is 0 Å². The Morgan fingerprint density at radius 1 is 1.14 bits per heavy atom. The SMILES string of the molecule is CN(c1ccccc1C#N)S(=O)(=O)c1cc(Cl)ccc1Cl. The average Bonchev–Trinajstić information content (AvgIpc) is 2.48. The zero-order valence-electron chi connectivity index (χ0n) is 10.9. The summed E-state index contributed by atoms with van der Waals surface area (Å²) in [6.45, 7) is 0. The molecule has 0 saturated heterocycles. The van der Waals surface area contributed by atoms with Crippen molar-refractivity contribution in [1.82, 2.24) is 0 Å². The first-order valence-electron chi connectivity index (χ1n) is 5.81. The lowest BCUT2D eigenvalue weighted by Crippen LogP contribution is -2.27. The van der Waals surface area contributed by atoms with Gasteiger partial charge in [0.05, 0.1) is 16.3 Å². The van der Waals surface area contributed by atoms with Gasteiger partial charge in [0.15, 0.2) is 0 Å². The molecule has 0 aliphatic carbocycles. The molecule has 108 valence electrons. The van der Waals surface area contributed by atoms with E-state index in [9.17, 15) is 8.42 Å². The molecule has 0 fully saturated rings. The Balaban J connectivity index is 2.59. The second-order valence-corrected chi connectivity index (χ2v) is 6.96. The van der Waals surface area contributed by atoms with Crippen molar-refractivity contribution in [1.29, 1.82) is 5.26 Å². The summed E-state index contributed by atoms with van der Waals surface area (Å²) in [6, 6.07) is 12.6. The first-order valence-corrected chi connectivity index (χ1v) is 8.00. The maximum atomic E-state index is 12.6. The maximum absolute atomic E-state index is 12.6. The van der Waals surface area contributed by atoms with Crippen molar-refractivity contribution < 1.29 is 8.42 Å². The predicted molar refractivity (Wildman–Crippen MR) is 83.2 cm³/mol. The summed E-state index contributed by atoms with van der Waals surface area (Å²) >= 11 is 11.8. The molecular formula is C14H10Cl2N2O2S. The fourth-order valence-electron chi connectivity index (χ4n) is 1.79. The van der Waals surface area contributed by atoms with Crippen LogP contribution in [0.4, 0.5) is 5.69 Å². The van der Waals surface area contributed by atoms with E-state index in [1.165, 1.54) is 25.2 Å². The normalized spacial score (nSPS) is 11.0. The number of anilines is 1. The highest BCUT2D eigenvalue weighted by molar-refractivity contribution is 7.93. The summed E-state index contributed by atoms with van der Waals surface area (Å²) in [7, 11) is -2.55. The fraction of sp³-hybridized carbons (Fsp3) is 0.0714. The number of benzene rings is 2. The third kappa shape index (κ3) is 2.98. The summed E-state index contributed by atoms with van der Waals surface area (Å²) < 4.78 is 26.3. The third-order valence-electron chi connectivity index (χ3n) is 2.90. The van der Waals surface area contributed by atoms with Crippen LogP contribution < -0.4 is 4.31 Å². The van der Waals surface area contributed by atoms with Gasteiger partial charge in [-0.05, 0) is 30.3 Å². The van der Waals surface area contributed by atoms with Gasteiger partial charge in [-0.15, -0.1) is 0 Å². The van der Waals surface area contributed by atoms with E-state index in [4.69, 9.17) is 28.5 Å². The van der Waals surface area contributed by atoms with Gasteiger partial charge in [-0.3, -0.25) is 4.31 Å². The summed E-state index contributed by atoms with van der Waals surface area (Å²) in [5.74, 6) is 0. The molecule has 0 spiro atoms. The van der Waals surface area contributed by atoms with Crippen LogP contribution in [0.1, 0.15) is 5.56 Å². The molecule has 2 aromatic carbocycles. The number of para-hydroxylation sites is 1. The highest BCUT2D eigenvalue weighted by Gasteiger charge is 2.25. The van der Waals surface area contributed by atoms with Gasteiger partial charge in [-0.1, -0.05) is 35.3 Å². The third-order valence-corrected chi connectivity index (χ3v) is 5.38. The molecule has 2 aromatic rings. The quantitative estimate of drug-likeness (QED) is 0.855. The lowest BCUT2D eigenvalue weighted by atomic mass is 10.2. The molecule has 7 heteroatoms. The van der Waals surface area contributed by atoms with Crippen molar-refractivity contribution >= 4 is 38.9 Å². The zero-order valence-corrected chi connectivity index (χ0v) is 13.2. The molecule has 0 saturated carbocycles. The smallest absolute Gasteiger partial charge is 0.265 e. The molecule has 0 bridgehead atoms. The number of nitrogens with zero attached hydrogens (tertiary/aromatic N) is 2. The molecule has 0 aromatic heterocycles. The molecule has 0 atom stereocenters. The van der Waals surface area contributed by atoms with E-state index in [0.717, 1.165) is 4.31 Å². The van der Waals surface area contributed by atoms with Crippen molar-refractivity contribution in [3.8, 4) is 6.07 Å². The second-order valence-electron chi connectivity index (χ2n) is 4.18. The largest absolute Gasteiger partial charge is 0.268 e. The van der Waals surface area contributed by atoms with Gasteiger partial charge < -0.3 is 0 Å². The van der Waals surface area contributed by atoms with Gasteiger partial charge in [0.2, 0.25) is 0 Å². The Hall–Kier alpha value is -1.74. The summed E-state index contributed by atoms with van der Waals surface area (Å²) in [5, 5.41) is 9.42. The maximum Gasteiger partial charge on any atom is 0.265 e. The van der Waals surface area contributed by atoms with Crippen molar-refractivity contribution in [2.75, 3.05) is 11.4 Å². The molecule has 2 rings (SSSR count). The van der Waals surface area contributed by atoms with Gasteiger partial charge in [0.1, 0.15) is 11.0 Å². The predicted octanol–water partition coefficient (Wildman–Crippen LogP) is 3.69. The molecule has 4 nitrogen and oxygen atoms in total. The number of rotatable bonds is 3. The molecule has 0 aliphatic heterocycles. The Kier molecular flexibility index (Phi) is 4.43. The standard InChI is InChI=1S/C14H10Cl2N2O2S/c1-18(13-5-3-2-4-10(13)9-17)21(19,20)14-8-11(15)6-7-12(14)16/h2-8H,1H3. The topological polar surface area (TPSA) is 61.2 Å². The Bertz CT molecular complexity index is 829. The first kappa shape index (κ1) is 15.6. The van der Waals surface area contributed by atoms with Crippen LogP contribution in [0.5, 0.6) is 0 Å². The summed E-state index contributed by atoms with van der Waals surface area (Å²) in [6.07, 6.45) is 0. The minimum atomic E-state index is -3.91. The van der Waals surface area contributed by atoms with Crippen LogP contribution in [0.3, 0.4) is 0 Å². The number of sulfonamides is 1. The molecule has 0 unspecified atom stereocenters. The monoisotopic (exact) mass is 340 g/mol. The van der Waals surface area contributed by atoms with E-state index in [1.54, 1.807) is 24.3 Å². The van der Waals surface area contributed by atoms with E-state index < -0.39 is 10.0 Å². The van der Waals surface area contributed by atoms with Crippen molar-refractivity contribution in [2.24, 2.45) is 0 Å². The summed E-state index contributed by atoms with van der Waals surface area (Å²) in [5.41, 5.74) is 0.526. The Morgan fingerprint density at radius 3 is 2.48 bits per heavy atom. The van der Waals surface area contributed by atoms with E-state index in [1.807, 2.05) is 6.07 Å². The number of hydrogen-bond acceptors (Lipinski definition) is 3. The van der Waals surface area contributed by atoms with E-state index in [2.05, 4.69) is 0 Å². The van der Waals surface area contributed by atoms with E-state index >= 15 is 0 Å². The van der Waals surface area contributed by atoms with E-state index in [0.29, 0.717) is 0 Å². The highest BCUT2D eigenvalue weighted by Crippen LogP contribution is 2.30. The highest BCUT2D eigenvalue weighted by atomic mass is 35.5. The molecular weight excluding hydrogens is 331 g/mol. The first-order chi connectivity index (χ1) is 9.87. The van der Waals surface area contributed by atoms with Crippen LogP contribution in [0.2, 0.25) is 10.0 Å². The van der Waals surface area contributed by atoms with Crippen LogP contribution in [0, 0.1) is 11.3 Å². The number of hydrogen-bond donors (Lipinski definition) is 0. The fourth-order valence-corrected chi connectivity index (χ4v) is 3.75. The minimum Gasteiger partial charge on any atom is -0.268 e. The zero-order chi connectivity index (χ0) is 15.6. The van der Waals surface area contributed by atoms with Crippen molar-refractivity contribution in [3.63, 3.8) is 0 Å². The summed E-state index contributed by atoms with van der Waals surface area (Å²) in [4.78, 5) is -0.105. The van der Waals surface area contributed by atoms with Gasteiger partial charge in [-0.25, -0.2) is 8.42 Å². The van der Waals surface area contributed by atoms with Crippen LogP contribution in [0.15, 0.2) is 47.4 Å². The van der Waals surface area contributed by atoms with Gasteiger partial charge in [0, 0.05) is 12.1 Å². The molecule has 0 aliphatic rings. The van der Waals surface area contributed by atoms with Gasteiger partial charge in [-0.2, -0.15) is 5.26 Å².